The molecular formula is C25H24F9N3O3. The number of alkyl halides is 9. The Morgan fingerprint density at radius 3 is 2.20 bits per heavy atom. The second kappa shape index (κ2) is 11.0. The molecule has 220 valence electrons. The number of carbonyl (C=O) groups is 1. The van der Waals surface area contributed by atoms with Crippen LogP contribution < -0.4 is 4.74 Å². The lowest BCUT2D eigenvalue weighted by molar-refractivity contribution is -0.308. The Hall–Kier alpha value is -3.23. The molecule has 3 heterocycles. The Kier molecular flexibility index (Phi) is 8.16. The van der Waals surface area contributed by atoms with Gasteiger partial charge in [-0.15, -0.1) is 0 Å². The number of carbonyl (C=O) groups excluding carboxylic acids is 1. The molecule has 2 fully saturated rings. The van der Waals surface area contributed by atoms with Crippen molar-refractivity contribution >= 4 is 6.09 Å². The van der Waals surface area contributed by atoms with Crippen molar-refractivity contribution < 1.29 is 53.8 Å². The first kappa shape index (κ1) is 29.7. The zero-order valence-corrected chi connectivity index (χ0v) is 20.7. The first-order valence-electron chi connectivity index (χ1n) is 12.2. The molecule has 2 aliphatic rings. The highest BCUT2D eigenvalue weighted by Gasteiger charge is 2.60. The van der Waals surface area contributed by atoms with Gasteiger partial charge >= 0.3 is 24.6 Å². The van der Waals surface area contributed by atoms with Crippen LogP contribution in [0.3, 0.4) is 0 Å². The van der Waals surface area contributed by atoms with Gasteiger partial charge in [0.1, 0.15) is 11.5 Å². The monoisotopic (exact) mass is 585 g/mol. The van der Waals surface area contributed by atoms with Gasteiger partial charge in [0.2, 0.25) is 0 Å². The summed E-state index contributed by atoms with van der Waals surface area (Å²) in [5.41, 5.74) is -1.02. The smallest absolute Gasteiger partial charge is 0.434 e. The topological polar surface area (TPSA) is 54.9 Å². The van der Waals surface area contributed by atoms with Crippen molar-refractivity contribution in [2.75, 3.05) is 19.6 Å². The molecule has 0 unspecified atom stereocenters. The van der Waals surface area contributed by atoms with E-state index >= 15 is 0 Å². The summed E-state index contributed by atoms with van der Waals surface area (Å²) in [6, 6.07) is 6.22. The van der Waals surface area contributed by atoms with Gasteiger partial charge in [0.05, 0.1) is 11.8 Å². The summed E-state index contributed by atoms with van der Waals surface area (Å²) in [6.45, 7) is 0.415. The van der Waals surface area contributed by atoms with Gasteiger partial charge in [0.15, 0.2) is 0 Å². The van der Waals surface area contributed by atoms with E-state index in [1.54, 1.807) is 6.07 Å². The Morgan fingerprint density at radius 1 is 0.950 bits per heavy atom. The van der Waals surface area contributed by atoms with Crippen LogP contribution in [0.5, 0.6) is 11.5 Å². The molecular weight excluding hydrogens is 561 g/mol. The molecule has 0 atom stereocenters. The summed E-state index contributed by atoms with van der Waals surface area (Å²) in [6.07, 6.45) is -17.6. The second-order valence-corrected chi connectivity index (χ2v) is 9.69. The maximum atomic E-state index is 13.4. The first-order valence-corrected chi connectivity index (χ1v) is 12.2. The van der Waals surface area contributed by atoms with Gasteiger partial charge < -0.3 is 14.4 Å². The van der Waals surface area contributed by atoms with E-state index in [1.807, 2.05) is 4.90 Å². The van der Waals surface area contributed by atoms with Crippen LogP contribution in [0.2, 0.25) is 0 Å². The number of likely N-dealkylation sites (tertiary alicyclic amines) is 2. The van der Waals surface area contributed by atoms with E-state index in [2.05, 4.69) is 9.72 Å². The molecule has 0 radical (unpaired) electrons. The predicted octanol–water partition coefficient (Wildman–Crippen LogP) is 6.95. The fourth-order valence-electron chi connectivity index (χ4n) is 5.10. The van der Waals surface area contributed by atoms with Crippen LogP contribution in [0.15, 0.2) is 42.7 Å². The van der Waals surface area contributed by atoms with Crippen molar-refractivity contribution in [2.24, 2.45) is 0 Å². The van der Waals surface area contributed by atoms with Gasteiger partial charge in [-0.3, -0.25) is 9.88 Å². The third-order valence-electron chi connectivity index (χ3n) is 7.12. The summed E-state index contributed by atoms with van der Waals surface area (Å²) >= 11 is 0. The quantitative estimate of drug-likeness (QED) is 0.356. The molecule has 1 aromatic carbocycles. The molecule has 0 N–H and O–H groups in total. The predicted molar refractivity (Wildman–Crippen MR) is 121 cm³/mol. The number of hydrogen-bond acceptors (Lipinski definition) is 5. The molecule has 2 aliphatic heterocycles. The molecule has 0 bridgehead atoms. The summed E-state index contributed by atoms with van der Waals surface area (Å²) in [5.74, 6) is 0.193. The lowest BCUT2D eigenvalue weighted by Gasteiger charge is -2.45. The zero-order valence-electron chi connectivity index (χ0n) is 20.7. The van der Waals surface area contributed by atoms with Gasteiger partial charge in [0.25, 0.3) is 6.10 Å². The van der Waals surface area contributed by atoms with E-state index < -0.39 is 41.8 Å². The molecule has 1 aromatic heterocycles. The highest BCUT2D eigenvalue weighted by atomic mass is 19.4. The number of rotatable bonds is 5. The maximum Gasteiger partial charge on any atom is 0.434 e. The third-order valence-corrected chi connectivity index (χ3v) is 7.12. The van der Waals surface area contributed by atoms with Crippen molar-refractivity contribution in [3.8, 4) is 11.5 Å². The van der Waals surface area contributed by atoms with Crippen LogP contribution >= 0.6 is 0 Å². The normalized spacial score (nSPS) is 18.4. The molecule has 2 aromatic rings. The molecule has 1 amide bonds. The molecule has 2 saturated heterocycles. The van der Waals surface area contributed by atoms with Gasteiger partial charge in [-0.1, -0.05) is 6.07 Å². The van der Waals surface area contributed by atoms with Gasteiger partial charge in [0, 0.05) is 36.9 Å². The number of benzene rings is 1. The second-order valence-electron chi connectivity index (χ2n) is 9.69. The van der Waals surface area contributed by atoms with Crippen molar-refractivity contribution in [1.29, 1.82) is 0 Å². The minimum Gasteiger partial charge on any atom is -0.455 e. The lowest BCUT2D eigenvalue weighted by atomic mass is 9.85. The average Bonchev–Trinajstić information content (AvgIpc) is 3.23. The average molecular weight is 585 g/mol. The summed E-state index contributed by atoms with van der Waals surface area (Å²) in [4.78, 5) is 18.9. The fraction of sp³-hybridized carbons (Fsp3) is 0.520. The van der Waals surface area contributed by atoms with E-state index in [-0.39, 0.29) is 44.0 Å². The Bertz CT molecular complexity index is 1160. The molecule has 0 saturated carbocycles. The van der Waals surface area contributed by atoms with Gasteiger partial charge in [-0.25, -0.2) is 4.79 Å². The highest BCUT2D eigenvalue weighted by Crippen LogP contribution is 2.42. The zero-order chi connectivity index (χ0) is 29.3. The van der Waals surface area contributed by atoms with E-state index in [9.17, 15) is 44.3 Å². The number of ether oxygens (including phenoxy) is 2. The molecule has 15 heteroatoms. The highest BCUT2D eigenvalue weighted by molar-refractivity contribution is 5.68. The number of piperidine rings is 1. The SMILES string of the molecule is O=C(OC(C(F)(F)F)C(F)(F)F)N1CCC2(CCCN2Cc2ccc(C(F)(F)F)cc2Oc2cccnc2)CC1. The summed E-state index contributed by atoms with van der Waals surface area (Å²) in [7, 11) is 0. The number of amides is 1. The molecule has 40 heavy (non-hydrogen) atoms. The van der Waals surface area contributed by atoms with Crippen LogP contribution in [0.4, 0.5) is 44.3 Å². The van der Waals surface area contributed by atoms with Gasteiger partial charge in [-0.05, 0) is 56.5 Å². The maximum absolute atomic E-state index is 13.4. The number of nitrogens with zero attached hydrogens (tertiary/aromatic N) is 3. The van der Waals surface area contributed by atoms with E-state index in [1.165, 1.54) is 24.5 Å². The minimum atomic E-state index is -5.82. The van der Waals surface area contributed by atoms with Crippen LogP contribution in [0.1, 0.15) is 36.8 Å². The van der Waals surface area contributed by atoms with Crippen LogP contribution in [0.25, 0.3) is 0 Å². The number of halogens is 9. The fourth-order valence-corrected chi connectivity index (χ4v) is 5.10. The van der Waals surface area contributed by atoms with Crippen molar-refractivity contribution in [3.05, 3.63) is 53.9 Å². The van der Waals surface area contributed by atoms with Crippen molar-refractivity contribution in [3.63, 3.8) is 0 Å². The largest absolute Gasteiger partial charge is 0.455 e. The Balaban J connectivity index is 1.48. The Labute approximate surface area is 222 Å². The van der Waals surface area contributed by atoms with E-state index in [0.29, 0.717) is 24.9 Å². The number of aromatic nitrogens is 1. The van der Waals surface area contributed by atoms with Crippen LogP contribution in [-0.2, 0) is 17.5 Å². The molecule has 0 aliphatic carbocycles. The lowest BCUT2D eigenvalue weighted by Crippen LogP contribution is -2.54. The summed E-state index contributed by atoms with van der Waals surface area (Å²) < 4.78 is 127. The van der Waals surface area contributed by atoms with E-state index in [4.69, 9.17) is 4.74 Å². The number of pyridine rings is 1. The first-order chi connectivity index (χ1) is 18.6. The van der Waals surface area contributed by atoms with E-state index in [0.717, 1.165) is 17.0 Å². The van der Waals surface area contributed by atoms with Crippen LogP contribution in [0, 0.1) is 0 Å². The van der Waals surface area contributed by atoms with Gasteiger partial charge in [-0.2, -0.15) is 39.5 Å². The molecule has 4 rings (SSSR count). The van der Waals surface area contributed by atoms with Crippen molar-refractivity contribution in [2.45, 2.75) is 62.4 Å². The number of hydrogen-bond donors (Lipinski definition) is 0. The Morgan fingerprint density at radius 2 is 1.62 bits per heavy atom. The van der Waals surface area contributed by atoms with Crippen LogP contribution in [-0.4, -0.2) is 64.5 Å². The summed E-state index contributed by atoms with van der Waals surface area (Å²) in [5, 5.41) is 0. The van der Waals surface area contributed by atoms with Crippen molar-refractivity contribution in [1.82, 2.24) is 14.8 Å². The molecule has 1 spiro atoms. The standard InChI is InChI=1S/C25H24F9N3O3/c26-23(27,28)17-5-4-16(19(13-17)39-18-3-1-9-35-14-18)15-37-10-2-6-22(37)7-11-36(12-8-22)21(38)40-20(24(29,30)31)25(32,33)34/h1,3-5,9,13-14,20H,2,6-8,10-12,15H2. The minimum absolute atomic E-state index is 0.0313. The molecule has 6 nitrogen and oxygen atoms in total. The third kappa shape index (κ3) is 6.73.